The number of benzene rings is 1. The van der Waals surface area contributed by atoms with Crippen LogP contribution in [0.15, 0.2) is 42.6 Å². The molecule has 5 nitrogen and oxygen atoms in total. The van der Waals surface area contributed by atoms with E-state index in [2.05, 4.69) is 39.4 Å². The molecule has 18 heavy (non-hydrogen) atoms. The van der Waals surface area contributed by atoms with E-state index in [-0.39, 0.29) is 0 Å². The molecule has 94 valence electrons. The highest BCUT2D eigenvalue weighted by Gasteiger charge is 2.07. The first-order valence-corrected chi connectivity index (χ1v) is 5.92. The average Bonchev–Trinajstić information content (AvgIpc) is 2.46. The fourth-order valence-electron chi connectivity index (χ4n) is 1.75. The monoisotopic (exact) mass is 243 g/mol. The number of rotatable bonds is 5. The number of nitrogens with zero attached hydrogens (tertiary/aromatic N) is 3. The summed E-state index contributed by atoms with van der Waals surface area (Å²) in [5, 5.41) is 0. The highest BCUT2D eigenvalue weighted by Crippen LogP contribution is 2.14. The van der Waals surface area contributed by atoms with E-state index in [1.165, 1.54) is 5.56 Å². The lowest BCUT2D eigenvalue weighted by Crippen LogP contribution is -2.24. The fraction of sp³-hybridized carbons (Fsp3) is 0.231. The van der Waals surface area contributed by atoms with E-state index in [4.69, 9.17) is 5.84 Å². The molecule has 0 aliphatic rings. The van der Waals surface area contributed by atoms with E-state index in [0.717, 1.165) is 18.9 Å². The van der Waals surface area contributed by atoms with Crippen LogP contribution in [-0.4, -0.2) is 16.5 Å². The van der Waals surface area contributed by atoms with Gasteiger partial charge in [-0.25, -0.2) is 10.8 Å². The second kappa shape index (κ2) is 5.97. The van der Waals surface area contributed by atoms with Gasteiger partial charge in [0.05, 0.1) is 0 Å². The number of hydrogen-bond donors (Lipinski definition) is 2. The third-order valence-corrected chi connectivity index (χ3v) is 2.69. The van der Waals surface area contributed by atoms with Crippen molar-refractivity contribution in [1.29, 1.82) is 0 Å². The standard InChI is InChI=1S/C13H17N5/c1-2-18(10-11-6-4-3-5-7-11)12-8-9-15-13(16-12)17-14/h3-9H,2,10,14H2,1H3,(H,15,16,17). The van der Waals surface area contributed by atoms with Gasteiger partial charge in [0, 0.05) is 19.3 Å². The first kappa shape index (κ1) is 12.3. The summed E-state index contributed by atoms with van der Waals surface area (Å²) < 4.78 is 0. The Kier molecular flexibility index (Phi) is 4.09. The number of nitrogens with one attached hydrogen (secondary N) is 1. The van der Waals surface area contributed by atoms with Crippen LogP contribution < -0.4 is 16.2 Å². The van der Waals surface area contributed by atoms with Gasteiger partial charge in [0.15, 0.2) is 0 Å². The predicted octanol–water partition coefficient (Wildman–Crippen LogP) is 1.79. The van der Waals surface area contributed by atoms with Crippen LogP contribution in [0.25, 0.3) is 0 Å². The smallest absolute Gasteiger partial charge is 0.239 e. The summed E-state index contributed by atoms with van der Waals surface area (Å²) in [7, 11) is 0. The Balaban J connectivity index is 2.17. The average molecular weight is 243 g/mol. The largest absolute Gasteiger partial charge is 0.352 e. The minimum atomic E-state index is 0.430. The third-order valence-electron chi connectivity index (χ3n) is 2.69. The lowest BCUT2D eigenvalue weighted by molar-refractivity contribution is 0.810. The molecule has 2 rings (SSSR count). The number of aromatic nitrogens is 2. The van der Waals surface area contributed by atoms with Crippen molar-refractivity contribution < 1.29 is 0 Å². The first-order chi connectivity index (χ1) is 8.83. The zero-order valence-corrected chi connectivity index (χ0v) is 10.4. The Morgan fingerprint density at radius 3 is 2.67 bits per heavy atom. The lowest BCUT2D eigenvalue weighted by atomic mass is 10.2. The Morgan fingerprint density at radius 2 is 2.00 bits per heavy atom. The van der Waals surface area contributed by atoms with Gasteiger partial charge in [-0.05, 0) is 18.6 Å². The van der Waals surface area contributed by atoms with Crippen LogP contribution in [0.5, 0.6) is 0 Å². The van der Waals surface area contributed by atoms with Crippen molar-refractivity contribution in [1.82, 2.24) is 9.97 Å². The van der Waals surface area contributed by atoms with Crippen molar-refractivity contribution in [3.8, 4) is 0 Å². The summed E-state index contributed by atoms with van der Waals surface area (Å²) in [6, 6.07) is 12.2. The minimum Gasteiger partial charge on any atom is -0.352 e. The second-order valence-corrected chi connectivity index (χ2v) is 3.88. The topological polar surface area (TPSA) is 67.1 Å². The van der Waals surface area contributed by atoms with Gasteiger partial charge >= 0.3 is 0 Å². The third kappa shape index (κ3) is 2.95. The molecule has 0 unspecified atom stereocenters. The quantitative estimate of drug-likeness (QED) is 0.619. The molecule has 0 radical (unpaired) electrons. The van der Waals surface area contributed by atoms with Crippen LogP contribution >= 0.6 is 0 Å². The van der Waals surface area contributed by atoms with Crippen LogP contribution in [0, 0.1) is 0 Å². The van der Waals surface area contributed by atoms with E-state index in [1.54, 1.807) is 6.20 Å². The SMILES string of the molecule is CCN(Cc1ccccc1)c1ccnc(NN)n1. The summed E-state index contributed by atoms with van der Waals surface area (Å²) in [6.07, 6.45) is 1.70. The normalized spacial score (nSPS) is 10.1. The molecule has 1 aromatic heterocycles. The van der Waals surface area contributed by atoms with Crippen LogP contribution in [0.4, 0.5) is 11.8 Å². The molecule has 0 bridgehead atoms. The highest BCUT2D eigenvalue weighted by molar-refractivity contribution is 5.42. The number of nitrogens with two attached hydrogens (primary N) is 1. The molecule has 0 saturated heterocycles. The maximum Gasteiger partial charge on any atom is 0.239 e. The van der Waals surface area contributed by atoms with Crippen molar-refractivity contribution in [2.45, 2.75) is 13.5 Å². The molecule has 0 spiro atoms. The lowest BCUT2D eigenvalue weighted by Gasteiger charge is -2.22. The molecule has 0 aliphatic carbocycles. The zero-order valence-electron chi connectivity index (χ0n) is 10.4. The van der Waals surface area contributed by atoms with Gasteiger partial charge in [-0.15, -0.1) is 0 Å². The van der Waals surface area contributed by atoms with Gasteiger partial charge in [0.25, 0.3) is 0 Å². The number of hydrogen-bond acceptors (Lipinski definition) is 5. The maximum atomic E-state index is 5.32. The van der Waals surface area contributed by atoms with Crippen LogP contribution in [0.3, 0.4) is 0 Å². The van der Waals surface area contributed by atoms with Crippen molar-refractivity contribution in [3.05, 3.63) is 48.2 Å². The van der Waals surface area contributed by atoms with Crippen molar-refractivity contribution in [3.63, 3.8) is 0 Å². The van der Waals surface area contributed by atoms with Crippen LogP contribution in [0.1, 0.15) is 12.5 Å². The summed E-state index contributed by atoms with van der Waals surface area (Å²) in [5.74, 6) is 6.61. The maximum absolute atomic E-state index is 5.32. The summed E-state index contributed by atoms with van der Waals surface area (Å²) >= 11 is 0. The summed E-state index contributed by atoms with van der Waals surface area (Å²) in [4.78, 5) is 10.5. The molecule has 0 aliphatic heterocycles. The molecule has 0 saturated carbocycles. The Labute approximate surface area is 107 Å². The van der Waals surface area contributed by atoms with Crippen molar-refractivity contribution in [2.24, 2.45) is 5.84 Å². The molecule has 5 heteroatoms. The van der Waals surface area contributed by atoms with Crippen LogP contribution in [0.2, 0.25) is 0 Å². The molecule has 3 N–H and O–H groups in total. The van der Waals surface area contributed by atoms with E-state index in [0.29, 0.717) is 5.95 Å². The van der Waals surface area contributed by atoms with Gasteiger partial charge in [0.1, 0.15) is 5.82 Å². The summed E-state index contributed by atoms with van der Waals surface area (Å²) in [6.45, 7) is 3.79. The Morgan fingerprint density at radius 1 is 1.22 bits per heavy atom. The Bertz CT molecular complexity index is 486. The van der Waals surface area contributed by atoms with Crippen LogP contribution in [-0.2, 0) is 6.54 Å². The van der Waals surface area contributed by atoms with E-state index < -0.39 is 0 Å². The molecular weight excluding hydrogens is 226 g/mol. The van der Waals surface area contributed by atoms with Gasteiger partial charge in [0.2, 0.25) is 5.95 Å². The summed E-state index contributed by atoms with van der Waals surface area (Å²) in [5.41, 5.74) is 3.71. The fourth-order valence-corrected chi connectivity index (χ4v) is 1.75. The highest BCUT2D eigenvalue weighted by atomic mass is 15.3. The number of nitrogen functional groups attached to an aromatic ring is 1. The molecule has 0 atom stereocenters. The Hall–Kier alpha value is -2.14. The molecule has 0 fully saturated rings. The van der Waals surface area contributed by atoms with Gasteiger partial charge in [-0.3, -0.25) is 5.43 Å². The first-order valence-electron chi connectivity index (χ1n) is 5.92. The zero-order chi connectivity index (χ0) is 12.8. The number of hydrazine groups is 1. The molecule has 0 amide bonds. The van der Waals surface area contributed by atoms with Crippen molar-refractivity contribution >= 4 is 11.8 Å². The van der Waals surface area contributed by atoms with E-state index in [1.807, 2.05) is 24.3 Å². The molecule has 2 aromatic rings. The van der Waals surface area contributed by atoms with Gasteiger partial charge in [-0.1, -0.05) is 30.3 Å². The minimum absolute atomic E-state index is 0.430. The van der Waals surface area contributed by atoms with Gasteiger partial charge in [-0.2, -0.15) is 4.98 Å². The molecule has 1 heterocycles. The predicted molar refractivity (Wildman–Crippen MR) is 73.0 cm³/mol. The van der Waals surface area contributed by atoms with E-state index in [9.17, 15) is 0 Å². The molecule has 1 aromatic carbocycles. The van der Waals surface area contributed by atoms with E-state index >= 15 is 0 Å². The molecular formula is C13H17N5. The second-order valence-electron chi connectivity index (χ2n) is 3.88. The van der Waals surface area contributed by atoms with Crippen molar-refractivity contribution in [2.75, 3.05) is 16.9 Å². The number of anilines is 2. The van der Waals surface area contributed by atoms with Gasteiger partial charge < -0.3 is 4.90 Å².